The summed E-state index contributed by atoms with van der Waals surface area (Å²) in [4.78, 5) is 6.65. The summed E-state index contributed by atoms with van der Waals surface area (Å²) in [5, 5.41) is 0. The lowest BCUT2D eigenvalue weighted by Gasteiger charge is -2.22. The van der Waals surface area contributed by atoms with Crippen LogP contribution in [0, 0.1) is 6.92 Å². The molecule has 29 heavy (non-hydrogen) atoms. The van der Waals surface area contributed by atoms with E-state index in [1.54, 1.807) is 0 Å². The third kappa shape index (κ3) is 6.18. The van der Waals surface area contributed by atoms with Gasteiger partial charge in [0.1, 0.15) is 0 Å². The summed E-state index contributed by atoms with van der Waals surface area (Å²) in [5.41, 5.74) is 8.33. The first-order valence-electron chi connectivity index (χ1n) is 9.97. The number of allylic oxidation sites excluding steroid dienone is 2. The lowest BCUT2D eigenvalue weighted by Crippen LogP contribution is -2.19. The highest BCUT2D eigenvalue weighted by atomic mass is 15.1. The summed E-state index contributed by atoms with van der Waals surface area (Å²) in [6.45, 7) is 16.9. The van der Waals surface area contributed by atoms with Gasteiger partial charge >= 0.3 is 0 Å². The monoisotopic (exact) mass is 384 g/mol. The van der Waals surface area contributed by atoms with Crippen LogP contribution in [0.3, 0.4) is 0 Å². The number of hydrogen-bond acceptors (Lipinski definition) is 2. The Bertz CT molecular complexity index is 897. The van der Waals surface area contributed by atoms with Crippen molar-refractivity contribution in [2.24, 2.45) is 4.99 Å². The second-order valence-corrected chi connectivity index (χ2v) is 7.16. The van der Waals surface area contributed by atoms with Crippen molar-refractivity contribution in [1.82, 2.24) is 0 Å². The van der Waals surface area contributed by atoms with E-state index in [4.69, 9.17) is 0 Å². The van der Waals surface area contributed by atoms with Gasteiger partial charge in [-0.2, -0.15) is 0 Å². The summed E-state index contributed by atoms with van der Waals surface area (Å²) < 4.78 is 0. The molecule has 0 aliphatic heterocycles. The van der Waals surface area contributed by atoms with Crippen LogP contribution in [0.2, 0.25) is 0 Å². The summed E-state index contributed by atoms with van der Waals surface area (Å²) in [6, 6.07) is 17.1. The maximum absolute atomic E-state index is 4.47. The number of anilines is 1. The number of benzene rings is 2. The molecule has 0 aliphatic carbocycles. The molecule has 0 aliphatic rings. The van der Waals surface area contributed by atoms with Crippen LogP contribution < -0.4 is 4.90 Å². The molecule has 0 bridgehead atoms. The Kier molecular flexibility index (Phi) is 8.42. The fraction of sp³-hybridized carbons (Fsp3) is 0.222. The largest absolute Gasteiger partial charge is 0.348 e. The summed E-state index contributed by atoms with van der Waals surface area (Å²) in [6.07, 6.45) is 7.37. The molecule has 0 atom stereocenters. The minimum Gasteiger partial charge on any atom is -0.348 e. The number of aryl methyl sites for hydroxylation is 1. The molecule has 0 amide bonds. The number of rotatable bonds is 10. The molecule has 0 saturated heterocycles. The van der Waals surface area contributed by atoms with Crippen molar-refractivity contribution in [2.75, 3.05) is 18.5 Å². The standard InChI is InChI=1S/C27H32N2/c1-7-23-12-14-24(15-13-23)20-22(5)26(27(8-2)28-6)18-19-29(9-3)25-16-10-21(4)11-17-25/h7-17H,1-3,18-20H2,4-6H3/b26-22-,28-27-. The first kappa shape index (κ1) is 22.2. The van der Waals surface area contributed by atoms with Gasteiger partial charge in [-0.1, -0.05) is 73.3 Å². The molecule has 150 valence electrons. The van der Waals surface area contributed by atoms with Crippen LogP contribution in [0.4, 0.5) is 5.69 Å². The van der Waals surface area contributed by atoms with E-state index in [1.807, 2.05) is 25.4 Å². The van der Waals surface area contributed by atoms with Gasteiger partial charge in [0.05, 0.1) is 5.71 Å². The van der Waals surface area contributed by atoms with E-state index in [0.29, 0.717) is 0 Å². The molecule has 0 heterocycles. The highest BCUT2D eigenvalue weighted by Crippen LogP contribution is 2.21. The van der Waals surface area contributed by atoms with Crippen molar-refractivity contribution >= 4 is 17.5 Å². The molecule has 2 rings (SSSR count). The zero-order valence-corrected chi connectivity index (χ0v) is 18.0. The Hall–Kier alpha value is -3.13. The molecule has 2 aromatic rings. The normalized spacial score (nSPS) is 12.2. The first-order chi connectivity index (χ1) is 14.0. The van der Waals surface area contributed by atoms with E-state index in [2.05, 4.69) is 92.0 Å². The molecule has 0 spiro atoms. The zero-order chi connectivity index (χ0) is 21.2. The highest BCUT2D eigenvalue weighted by Gasteiger charge is 2.11. The maximum atomic E-state index is 4.47. The molecular formula is C27H32N2. The van der Waals surface area contributed by atoms with Crippen LogP contribution >= 0.6 is 0 Å². The molecule has 0 saturated carbocycles. The third-order valence-corrected chi connectivity index (χ3v) is 5.13. The van der Waals surface area contributed by atoms with E-state index in [0.717, 1.165) is 36.3 Å². The molecule has 2 nitrogen and oxygen atoms in total. The predicted octanol–water partition coefficient (Wildman–Crippen LogP) is 6.79. The van der Waals surface area contributed by atoms with E-state index in [1.165, 1.54) is 22.3 Å². The molecule has 0 radical (unpaired) electrons. The molecule has 0 aromatic heterocycles. The SMILES string of the molecule is C=CC(=N/C)/C(CCN(C=C)c1ccc(C)cc1)=C(/C)Cc1ccc(C=C)cc1. The Morgan fingerprint density at radius 3 is 2.17 bits per heavy atom. The number of hydrogen-bond donors (Lipinski definition) is 0. The fourth-order valence-corrected chi connectivity index (χ4v) is 3.39. The van der Waals surface area contributed by atoms with Gasteiger partial charge in [0.2, 0.25) is 0 Å². The first-order valence-corrected chi connectivity index (χ1v) is 9.97. The van der Waals surface area contributed by atoms with Crippen LogP contribution in [0.25, 0.3) is 6.08 Å². The summed E-state index contributed by atoms with van der Waals surface area (Å²) in [7, 11) is 1.83. The van der Waals surface area contributed by atoms with Crippen molar-refractivity contribution in [3.05, 3.63) is 108 Å². The Labute approximate surface area is 176 Å². The van der Waals surface area contributed by atoms with Crippen LogP contribution in [0.1, 0.15) is 30.0 Å². The topological polar surface area (TPSA) is 15.6 Å². The van der Waals surface area contributed by atoms with Crippen LogP contribution in [-0.2, 0) is 6.42 Å². The van der Waals surface area contributed by atoms with Crippen LogP contribution in [-0.4, -0.2) is 19.3 Å². The van der Waals surface area contributed by atoms with E-state index in [-0.39, 0.29) is 0 Å². The fourth-order valence-electron chi connectivity index (χ4n) is 3.39. The predicted molar refractivity (Wildman–Crippen MR) is 130 cm³/mol. The van der Waals surface area contributed by atoms with Gasteiger partial charge in [0.25, 0.3) is 0 Å². The zero-order valence-electron chi connectivity index (χ0n) is 18.0. The maximum Gasteiger partial charge on any atom is 0.0597 e. The molecule has 2 aromatic carbocycles. The van der Waals surface area contributed by atoms with Crippen molar-refractivity contribution in [3.63, 3.8) is 0 Å². The third-order valence-electron chi connectivity index (χ3n) is 5.13. The molecule has 0 N–H and O–H groups in total. The Balaban J connectivity index is 2.24. The summed E-state index contributed by atoms with van der Waals surface area (Å²) >= 11 is 0. The Morgan fingerprint density at radius 1 is 1.00 bits per heavy atom. The lowest BCUT2D eigenvalue weighted by atomic mass is 9.95. The Morgan fingerprint density at radius 2 is 1.66 bits per heavy atom. The second kappa shape index (κ2) is 11.0. The smallest absolute Gasteiger partial charge is 0.0597 e. The van der Waals surface area contributed by atoms with E-state index >= 15 is 0 Å². The minimum atomic E-state index is 0.835. The molecule has 0 fully saturated rings. The van der Waals surface area contributed by atoms with Crippen LogP contribution in [0.15, 0.2) is 96.7 Å². The van der Waals surface area contributed by atoms with Gasteiger partial charge in [0, 0.05) is 19.3 Å². The van der Waals surface area contributed by atoms with Crippen LogP contribution in [0.5, 0.6) is 0 Å². The van der Waals surface area contributed by atoms with E-state index < -0.39 is 0 Å². The lowest BCUT2D eigenvalue weighted by molar-refractivity contribution is 0.903. The average Bonchev–Trinajstić information content (AvgIpc) is 2.75. The van der Waals surface area contributed by atoms with Gasteiger partial charge in [0.15, 0.2) is 0 Å². The van der Waals surface area contributed by atoms with Crippen molar-refractivity contribution in [3.8, 4) is 0 Å². The average molecular weight is 385 g/mol. The number of nitrogens with zero attached hydrogens (tertiary/aromatic N) is 2. The molecule has 0 unspecified atom stereocenters. The van der Waals surface area contributed by atoms with Gasteiger partial charge in [-0.3, -0.25) is 4.99 Å². The van der Waals surface area contributed by atoms with Crippen molar-refractivity contribution in [2.45, 2.75) is 26.7 Å². The van der Waals surface area contributed by atoms with Gasteiger partial charge in [-0.05, 0) is 67.8 Å². The van der Waals surface area contributed by atoms with Crippen molar-refractivity contribution < 1.29 is 0 Å². The van der Waals surface area contributed by atoms with Gasteiger partial charge in [-0.15, -0.1) is 0 Å². The highest BCUT2D eigenvalue weighted by molar-refractivity contribution is 6.08. The second-order valence-electron chi connectivity index (χ2n) is 7.16. The van der Waals surface area contributed by atoms with Crippen molar-refractivity contribution in [1.29, 1.82) is 0 Å². The van der Waals surface area contributed by atoms with Gasteiger partial charge in [-0.25, -0.2) is 0 Å². The van der Waals surface area contributed by atoms with E-state index in [9.17, 15) is 0 Å². The molecular weight excluding hydrogens is 352 g/mol. The summed E-state index contributed by atoms with van der Waals surface area (Å²) in [5.74, 6) is 0. The minimum absolute atomic E-state index is 0.835. The van der Waals surface area contributed by atoms with Gasteiger partial charge < -0.3 is 4.90 Å². The molecule has 2 heteroatoms. The number of aliphatic imine (C=N–C) groups is 1. The quantitative estimate of drug-likeness (QED) is 0.412.